The first kappa shape index (κ1) is 12.3. The number of aryl methyl sites for hydroxylation is 1. The molecular formula is C14H15N5O2. The number of hydrogen-bond donors (Lipinski definition) is 1. The van der Waals surface area contributed by atoms with Gasteiger partial charge in [-0.15, -0.1) is 5.10 Å². The minimum Gasteiger partial charge on any atom is -0.423 e. The highest BCUT2D eigenvalue weighted by Crippen LogP contribution is 2.30. The van der Waals surface area contributed by atoms with Gasteiger partial charge in [0.2, 0.25) is 0 Å². The average molecular weight is 285 g/mol. The number of benzene rings is 1. The summed E-state index contributed by atoms with van der Waals surface area (Å²) in [6.07, 6.45) is 1.78. The van der Waals surface area contributed by atoms with Crippen LogP contribution < -0.4 is 4.90 Å². The number of hydrogen-bond acceptors (Lipinski definition) is 6. The SMILES string of the molecule is Cc1cccc2nc(N3CC(n4cc(CO)nn4)C3)oc12. The molecule has 2 aromatic heterocycles. The minimum atomic E-state index is -0.0825. The van der Waals surface area contributed by atoms with E-state index in [2.05, 4.69) is 20.2 Å². The standard InChI is InChI=1S/C14H15N5O2/c1-9-3-2-4-12-13(9)21-14(15-12)18-6-11(7-18)19-5-10(8-20)16-17-19/h2-5,11,20H,6-8H2,1H3. The molecule has 108 valence electrons. The third-order valence-electron chi connectivity index (χ3n) is 3.83. The highest BCUT2D eigenvalue weighted by atomic mass is 16.4. The Kier molecular flexibility index (Phi) is 2.68. The lowest BCUT2D eigenvalue weighted by molar-refractivity contribution is 0.276. The Labute approximate surface area is 120 Å². The van der Waals surface area contributed by atoms with Crippen molar-refractivity contribution in [3.05, 3.63) is 35.7 Å². The lowest BCUT2D eigenvalue weighted by Crippen LogP contribution is -2.48. The third kappa shape index (κ3) is 1.97. The van der Waals surface area contributed by atoms with E-state index in [1.54, 1.807) is 10.9 Å². The van der Waals surface area contributed by atoms with Gasteiger partial charge in [-0.1, -0.05) is 17.3 Å². The topological polar surface area (TPSA) is 80.2 Å². The summed E-state index contributed by atoms with van der Waals surface area (Å²) in [5.74, 6) is 0. The number of anilines is 1. The van der Waals surface area contributed by atoms with E-state index in [-0.39, 0.29) is 12.6 Å². The number of aromatic nitrogens is 4. The first-order valence-corrected chi connectivity index (χ1v) is 6.87. The first-order chi connectivity index (χ1) is 10.2. The summed E-state index contributed by atoms with van der Waals surface area (Å²) < 4.78 is 7.63. The molecule has 21 heavy (non-hydrogen) atoms. The number of para-hydroxylation sites is 1. The lowest BCUT2D eigenvalue weighted by Gasteiger charge is -2.37. The molecule has 1 aliphatic heterocycles. The van der Waals surface area contributed by atoms with Crippen molar-refractivity contribution in [3.8, 4) is 0 Å². The van der Waals surface area contributed by atoms with Crippen molar-refractivity contribution >= 4 is 17.1 Å². The van der Waals surface area contributed by atoms with Crippen LogP contribution in [-0.4, -0.2) is 38.2 Å². The number of fused-ring (bicyclic) bond motifs is 1. The van der Waals surface area contributed by atoms with Crippen molar-refractivity contribution in [2.75, 3.05) is 18.0 Å². The molecule has 7 heteroatoms. The predicted octanol–water partition coefficient (Wildman–Crippen LogP) is 1.28. The van der Waals surface area contributed by atoms with Crippen LogP contribution in [0.5, 0.6) is 0 Å². The van der Waals surface area contributed by atoms with E-state index >= 15 is 0 Å². The summed E-state index contributed by atoms with van der Waals surface area (Å²) in [5.41, 5.74) is 3.41. The first-order valence-electron chi connectivity index (χ1n) is 6.87. The average Bonchev–Trinajstić information content (AvgIpc) is 3.04. The monoisotopic (exact) mass is 285 g/mol. The maximum absolute atomic E-state index is 9.01. The Hall–Kier alpha value is -2.41. The van der Waals surface area contributed by atoms with Gasteiger partial charge in [-0.2, -0.15) is 4.98 Å². The van der Waals surface area contributed by atoms with Gasteiger partial charge in [-0.25, -0.2) is 4.68 Å². The summed E-state index contributed by atoms with van der Waals surface area (Å²) in [7, 11) is 0. The molecule has 1 fully saturated rings. The van der Waals surface area contributed by atoms with Gasteiger partial charge in [0.1, 0.15) is 11.2 Å². The van der Waals surface area contributed by atoms with E-state index in [4.69, 9.17) is 9.52 Å². The van der Waals surface area contributed by atoms with Crippen LogP contribution in [0.2, 0.25) is 0 Å². The van der Waals surface area contributed by atoms with Gasteiger partial charge in [0.15, 0.2) is 5.58 Å². The zero-order chi connectivity index (χ0) is 14.4. The van der Waals surface area contributed by atoms with Crippen LogP contribution in [0.4, 0.5) is 6.01 Å². The Bertz CT molecular complexity index is 788. The molecule has 0 bridgehead atoms. The third-order valence-corrected chi connectivity index (χ3v) is 3.83. The van der Waals surface area contributed by atoms with E-state index in [0.29, 0.717) is 11.7 Å². The van der Waals surface area contributed by atoms with Crippen LogP contribution in [0.3, 0.4) is 0 Å². The van der Waals surface area contributed by atoms with Crippen LogP contribution in [0.25, 0.3) is 11.1 Å². The van der Waals surface area contributed by atoms with E-state index < -0.39 is 0 Å². The van der Waals surface area contributed by atoms with Gasteiger partial charge < -0.3 is 14.4 Å². The number of aliphatic hydroxyl groups excluding tert-OH is 1. The van der Waals surface area contributed by atoms with Gasteiger partial charge in [-0.3, -0.25) is 0 Å². The van der Waals surface area contributed by atoms with Gasteiger partial charge >= 0.3 is 0 Å². The second-order valence-electron chi connectivity index (χ2n) is 5.33. The van der Waals surface area contributed by atoms with Crippen molar-refractivity contribution in [3.63, 3.8) is 0 Å². The molecular weight excluding hydrogens is 270 g/mol. The summed E-state index contributed by atoms with van der Waals surface area (Å²) >= 11 is 0. The number of nitrogens with zero attached hydrogens (tertiary/aromatic N) is 5. The number of oxazole rings is 1. The van der Waals surface area contributed by atoms with Gasteiger partial charge in [0, 0.05) is 13.1 Å². The molecule has 1 aliphatic rings. The van der Waals surface area contributed by atoms with Crippen LogP contribution in [0, 0.1) is 6.92 Å². The fourth-order valence-electron chi connectivity index (χ4n) is 2.55. The van der Waals surface area contributed by atoms with Crippen LogP contribution >= 0.6 is 0 Å². The molecule has 1 saturated heterocycles. The number of rotatable bonds is 3. The second-order valence-corrected chi connectivity index (χ2v) is 5.33. The molecule has 0 unspecified atom stereocenters. The van der Waals surface area contributed by atoms with E-state index in [9.17, 15) is 0 Å². The van der Waals surface area contributed by atoms with Crippen molar-refractivity contribution < 1.29 is 9.52 Å². The Morgan fingerprint density at radius 2 is 2.24 bits per heavy atom. The predicted molar refractivity (Wildman–Crippen MR) is 75.9 cm³/mol. The van der Waals surface area contributed by atoms with E-state index in [1.807, 2.05) is 25.1 Å². The van der Waals surface area contributed by atoms with Crippen molar-refractivity contribution in [2.24, 2.45) is 0 Å². The molecule has 0 aliphatic carbocycles. The van der Waals surface area contributed by atoms with Crippen molar-refractivity contribution in [1.29, 1.82) is 0 Å². The highest BCUT2D eigenvalue weighted by molar-refractivity contribution is 5.77. The molecule has 4 rings (SSSR count). The van der Waals surface area contributed by atoms with Crippen LogP contribution in [0.15, 0.2) is 28.8 Å². The van der Waals surface area contributed by atoms with Gasteiger partial charge in [0.05, 0.1) is 18.8 Å². The second kappa shape index (κ2) is 4.56. The normalized spacial score (nSPS) is 15.6. The largest absolute Gasteiger partial charge is 0.423 e. The zero-order valence-corrected chi connectivity index (χ0v) is 11.6. The fourth-order valence-corrected chi connectivity index (χ4v) is 2.55. The summed E-state index contributed by atoms with van der Waals surface area (Å²) in [6.45, 7) is 3.49. The molecule has 0 saturated carbocycles. The lowest BCUT2D eigenvalue weighted by atomic mass is 10.1. The minimum absolute atomic E-state index is 0.0825. The molecule has 0 radical (unpaired) electrons. The number of aliphatic hydroxyl groups is 1. The van der Waals surface area contributed by atoms with E-state index in [0.717, 1.165) is 29.8 Å². The quantitative estimate of drug-likeness (QED) is 0.781. The molecule has 0 amide bonds. The summed E-state index contributed by atoms with van der Waals surface area (Å²) in [4.78, 5) is 6.59. The molecule has 0 spiro atoms. The maximum Gasteiger partial charge on any atom is 0.298 e. The zero-order valence-electron chi connectivity index (χ0n) is 11.6. The van der Waals surface area contributed by atoms with Gasteiger partial charge in [0.25, 0.3) is 6.01 Å². The van der Waals surface area contributed by atoms with Crippen molar-refractivity contribution in [2.45, 2.75) is 19.6 Å². The smallest absolute Gasteiger partial charge is 0.298 e. The molecule has 3 aromatic rings. The molecule has 7 nitrogen and oxygen atoms in total. The van der Waals surface area contributed by atoms with Crippen LogP contribution in [-0.2, 0) is 6.61 Å². The highest BCUT2D eigenvalue weighted by Gasteiger charge is 2.32. The van der Waals surface area contributed by atoms with Gasteiger partial charge in [-0.05, 0) is 18.6 Å². The molecule has 0 atom stereocenters. The molecule has 1 aromatic carbocycles. The molecule has 3 heterocycles. The van der Waals surface area contributed by atoms with Crippen LogP contribution in [0.1, 0.15) is 17.3 Å². The Balaban J connectivity index is 1.52. The van der Waals surface area contributed by atoms with Crippen molar-refractivity contribution in [1.82, 2.24) is 20.0 Å². The Morgan fingerprint density at radius 1 is 1.38 bits per heavy atom. The maximum atomic E-state index is 9.01. The summed E-state index contributed by atoms with van der Waals surface area (Å²) in [6, 6.07) is 6.85. The van der Waals surface area contributed by atoms with E-state index in [1.165, 1.54) is 0 Å². The molecule has 1 N–H and O–H groups in total. The summed E-state index contributed by atoms with van der Waals surface area (Å²) in [5, 5.41) is 16.9. The Morgan fingerprint density at radius 3 is 2.95 bits per heavy atom. The fraction of sp³-hybridized carbons (Fsp3) is 0.357.